The van der Waals surface area contributed by atoms with Gasteiger partial charge in [0.2, 0.25) is 0 Å². The van der Waals surface area contributed by atoms with Crippen LogP contribution in [0.1, 0.15) is 5.56 Å². The smallest absolute Gasteiger partial charge is 0.183 e. The van der Waals surface area contributed by atoms with E-state index < -0.39 is 0 Å². The Kier molecular flexibility index (Phi) is 3.46. The molecule has 0 heterocycles. The van der Waals surface area contributed by atoms with Crippen LogP contribution in [0.4, 0.5) is 0 Å². The number of aryl methyl sites for hydroxylation is 1. The molecule has 0 fully saturated rings. The summed E-state index contributed by atoms with van der Waals surface area (Å²) in [7, 11) is 0. The Morgan fingerprint density at radius 1 is 1.54 bits per heavy atom. The molecular formula is C10H13NO2. The summed E-state index contributed by atoms with van der Waals surface area (Å²) < 4.78 is 5.21. The van der Waals surface area contributed by atoms with E-state index >= 15 is 0 Å². The van der Waals surface area contributed by atoms with Crippen molar-refractivity contribution in [3.63, 3.8) is 0 Å². The maximum absolute atomic E-state index is 10.8. The molecule has 0 aliphatic rings. The first-order chi connectivity index (χ1) is 6.22. The monoisotopic (exact) mass is 179 g/mol. The van der Waals surface area contributed by atoms with Gasteiger partial charge in [0.05, 0.1) is 6.54 Å². The molecule has 1 aromatic carbocycles. The molecule has 3 nitrogen and oxygen atoms in total. The highest BCUT2D eigenvalue weighted by Crippen LogP contribution is 2.11. The van der Waals surface area contributed by atoms with Crippen LogP contribution in [0.3, 0.4) is 0 Å². The minimum absolute atomic E-state index is 0.0335. The molecule has 0 aromatic heterocycles. The Labute approximate surface area is 77.5 Å². The van der Waals surface area contributed by atoms with Crippen molar-refractivity contribution in [1.29, 1.82) is 0 Å². The molecule has 0 amide bonds. The Hall–Kier alpha value is -1.35. The zero-order chi connectivity index (χ0) is 9.68. The molecule has 0 aliphatic carbocycles. The molecule has 0 atom stereocenters. The number of benzene rings is 1. The van der Waals surface area contributed by atoms with E-state index in [0.29, 0.717) is 5.75 Å². The van der Waals surface area contributed by atoms with Crippen LogP contribution < -0.4 is 10.5 Å². The number of nitrogens with two attached hydrogens (primary N) is 1. The van der Waals surface area contributed by atoms with Crippen molar-refractivity contribution in [3.8, 4) is 5.75 Å². The van der Waals surface area contributed by atoms with E-state index in [9.17, 15) is 4.79 Å². The third kappa shape index (κ3) is 3.25. The number of Topliss-reactive ketones (excluding diaryl/α,β-unsaturated/α-hetero) is 1. The standard InChI is InChI=1S/C10H13NO2/c1-8-3-2-4-10(5-8)13-7-9(12)6-11/h2-5H,6-7,11H2,1H3. The average molecular weight is 179 g/mol. The van der Waals surface area contributed by atoms with E-state index in [1.54, 1.807) is 0 Å². The molecule has 3 heteroatoms. The summed E-state index contributed by atoms with van der Waals surface area (Å²) in [4.78, 5) is 10.8. The van der Waals surface area contributed by atoms with E-state index in [-0.39, 0.29) is 18.9 Å². The largest absolute Gasteiger partial charge is 0.486 e. The van der Waals surface area contributed by atoms with Gasteiger partial charge in [-0.15, -0.1) is 0 Å². The van der Waals surface area contributed by atoms with Crippen molar-refractivity contribution >= 4 is 5.78 Å². The summed E-state index contributed by atoms with van der Waals surface area (Å²) in [6.45, 7) is 2.06. The first-order valence-corrected chi connectivity index (χ1v) is 4.13. The van der Waals surface area contributed by atoms with Gasteiger partial charge in [-0.2, -0.15) is 0 Å². The van der Waals surface area contributed by atoms with E-state index in [1.807, 2.05) is 31.2 Å². The number of carbonyl (C=O) groups is 1. The zero-order valence-electron chi connectivity index (χ0n) is 7.62. The molecule has 0 saturated carbocycles. The molecule has 0 bridgehead atoms. The fraction of sp³-hybridized carbons (Fsp3) is 0.300. The quantitative estimate of drug-likeness (QED) is 0.747. The second kappa shape index (κ2) is 4.62. The Morgan fingerprint density at radius 3 is 2.92 bits per heavy atom. The lowest BCUT2D eigenvalue weighted by Crippen LogP contribution is -2.20. The predicted molar refractivity (Wildman–Crippen MR) is 50.7 cm³/mol. The van der Waals surface area contributed by atoms with Gasteiger partial charge in [-0.1, -0.05) is 12.1 Å². The fourth-order valence-corrected chi connectivity index (χ4v) is 0.928. The van der Waals surface area contributed by atoms with Gasteiger partial charge in [-0.05, 0) is 24.6 Å². The summed E-state index contributed by atoms with van der Waals surface area (Å²) in [6, 6.07) is 7.55. The molecule has 2 N–H and O–H groups in total. The van der Waals surface area contributed by atoms with Gasteiger partial charge in [-0.25, -0.2) is 0 Å². The maximum Gasteiger partial charge on any atom is 0.183 e. The lowest BCUT2D eigenvalue weighted by atomic mass is 10.2. The Morgan fingerprint density at radius 2 is 2.31 bits per heavy atom. The number of ether oxygens (including phenoxy) is 1. The molecule has 70 valence electrons. The number of hydrogen-bond acceptors (Lipinski definition) is 3. The van der Waals surface area contributed by atoms with E-state index in [4.69, 9.17) is 10.5 Å². The molecular weight excluding hydrogens is 166 g/mol. The SMILES string of the molecule is Cc1cccc(OCC(=O)CN)c1. The number of ketones is 1. The molecule has 1 aromatic rings. The third-order valence-electron chi connectivity index (χ3n) is 1.62. The third-order valence-corrected chi connectivity index (χ3v) is 1.62. The van der Waals surface area contributed by atoms with Crippen LogP contribution in [0.5, 0.6) is 5.75 Å². The minimum Gasteiger partial charge on any atom is -0.486 e. The highest BCUT2D eigenvalue weighted by atomic mass is 16.5. The van der Waals surface area contributed by atoms with Crippen LogP contribution in [0.2, 0.25) is 0 Å². The molecule has 0 spiro atoms. The van der Waals surface area contributed by atoms with Crippen molar-refractivity contribution < 1.29 is 9.53 Å². The van der Waals surface area contributed by atoms with Gasteiger partial charge in [0.15, 0.2) is 5.78 Å². The lowest BCUT2D eigenvalue weighted by molar-refractivity contribution is -0.119. The Bertz CT molecular complexity index is 297. The number of rotatable bonds is 4. The van der Waals surface area contributed by atoms with E-state index in [2.05, 4.69) is 0 Å². The minimum atomic E-state index is -0.0958. The van der Waals surface area contributed by atoms with Gasteiger partial charge in [-0.3, -0.25) is 4.79 Å². The van der Waals surface area contributed by atoms with Crippen LogP contribution in [0.25, 0.3) is 0 Å². The zero-order valence-corrected chi connectivity index (χ0v) is 7.62. The van der Waals surface area contributed by atoms with Gasteiger partial charge in [0.25, 0.3) is 0 Å². The van der Waals surface area contributed by atoms with Gasteiger partial charge >= 0.3 is 0 Å². The van der Waals surface area contributed by atoms with Gasteiger partial charge in [0.1, 0.15) is 12.4 Å². The van der Waals surface area contributed by atoms with Crippen molar-refractivity contribution in [1.82, 2.24) is 0 Å². The highest BCUT2D eigenvalue weighted by molar-refractivity contribution is 5.81. The summed E-state index contributed by atoms with van der Waals surface area (Å²) in [6.07, 6.45) is 0. The molecule has 0 aliphatic heterocycles. The van der Waals surface area contributed by atoms with Crippen molar-refractivity contribution in [2.45, 2.75) is 6.92 Å². The van der Waals surface area contributed by atoms with Crippen LogP contribution in [0, 0.1) is 6.92 Å². The summed E-state index contributed by atoms with van der Waals surface area (Å²) in [5.41, 5.74) is 6.25. The molecule has 0 saturated heterocycles. The molecule has 1 rings (SSSR count). The van der Waals surface area contributed by atoms with Crippen molar-refractivity contribution in [2.24, 2.45) is 5.73 Å². The van der Waals surface area contributed by atoms with Crippen molar-refractivity contribution in [2.75, 3.05) is 13.2 Å². The van der Waals surface area contributed by atoms with E-state index in [1.165, 1.54) is 0 Å². The normalized spacial score (nSPS) is 9.69. The summed E-state index contributed by atoms with van der Waals surface area (Å²) in [5.74, 6) is 0.614. The highest BCUT2D eigenvalue weighted by Gasteiger charge is 1.99. The Balaban J connectivity index is 2.50. The van der Waals surface area contributed by atoms with Gasteiger partial charge in [0, 0.05) is 0 Å². The second-order valence-electron chi connectivity index (χ2n) is 2.85. The fourth-order valence-electron chi connectivity index (χ4n) is 0.928. The topological polar surface area (TPSA) is 52.3 Å². The van der Waals surface area contributed by atoms with Crippen molar-refractivity contribution in [3.05, 3.63) is 29.8 Å². The summed E-state index contributed by atoms with van der Waals surface area (Å²) >= 11 is 0. The molecule has 0 unspecified atom stereocenters. The van der Waals surface area contributed by atoms with Crippen LogP contribution in [-0.2, 0) is 4.79 Å². The van der Waals surface area contributed by atoms with E-state index in [0.717, 1.165) is 5.56 Å². The maximum atomic E-state index is 10.8. The second-order valence-corrected chi connectivity index (χ2v) is 2.85. The predicted octanol–water partition coefficient (Wildman–Crippen LogP) is 0.902. The lowest BCUT2D eigenvalue weighted by Gasteiger charge is -2.04. The first kappa shape index (κ1) is 9.74. The van der Waals surface area contributed by atoms with Crippen LogP contribution >= 0.6 is 0 Å². The molecule has 0 radical (unpaired) electrons. The van der Waals surface area contributed by atoms with Crippen LogP contribution in [0.15, 0.2) is 24.3 Å². The molecule has 13 heavy (non-hydrogen) atoms. The van der Waals surface area contributed by atoms with Gasteiger partial charge < -0.3 is 10.5 Å². The average Bonchev–Trinajstić information content (AvgIpc) is 2.14. The van der Waals surface area contributed by atoms with Crippen LogP contribution in [-0.4, -0.2) is 18.9 Å². The summed E-state index contributed by atoms with van der Waals surface area (Å²) in [5, 5.41) is 0. The number of hydrogen-bond donors (Lipinski definition) is 1. The number of carbonyl (C=O) groups excluding carboxylic acids is 1. The first-order valence-electron chi connectivity index (χ1n) is 4.13.